The van der Waals surface area contributed by atoms with Crippen LogP contribution in [-0.2, 0) is 17.8 Å². The van der Waals surface area contributed by atoms with Gasteiger partial charge in [0.25, 0.3) is 5.91 Å². The molecule has 3 aromatic rings. The molecule has 0 saturated heterocycles. The molecular weight excluding hydrogens is 423 g/mol. The van der Waals surface area contributed by atoms with Gasteiger partial charge >= 0.3 is 0 Å². The summed E-state index contributed by atoms with van der Waals surface area (Å²) in [6.45, 7) is 4.98. The molecule has 0 radical (unpaired) electrons. The van der Waals surface area contributed by atoms with E-state index in [1.54, 1.807) is 24.3 Å². The minimum atomic E-state index is -0.314. The number of amides is 2. The largest absolute Gasteiger partial charge is 0.486 e. The molecule has 1 aromatic heterocycles. The SMILES string of the molecule is CCNC(=O)c1ccc(COc2ccc3c(c2)[C@H](c2ccc(F)cc2)N(C(=O)CC)CC3)o1. The van der Waals surface area contributed by atoms with Gasteiger partial charge in [0.2, 0.25) is 5.91 Å². The average Bonchev–Trinajstić information content (AvgIpc) is 3.31. The molecule has 0 bridgehead atoms. The van der Waals surface area contributed by atoms with Crippen LogP contribution >= 0.6 is 0 Å². The minimum absolute atomic E-state index is 0.0507. The van der Waals surface area contributed by atoms with Crippen LogP contribution in [0.4, 0.5) is 4.39 Å². The van der Waals surface area contributed by atoms with E-state index in [4.69, 9.17) is 9.15 Å². The molecule has 0 aliphatic carbocycles. The number of nitrogens with zero attached hydrogens (tertiary/aromatic N) is 1. The van der Waals surface area contributed by atoms with E-state index in [0.717, 1.165) is 23.1 Å². The Morgan fingerprint density at radius 2 is 1.91 bits per heavy atom. The summed E-state index contributed by atoms with van der Waals surface area (Å²) < 4.78 is 25.1. The van der Waals surface area contributed by atoms with E-state index >= 15 is 0 Å². The maximum absolute atomic E-state index is 13.6. The number of nitrogens with one attached hydrogen (secondary N) is 1. The number of fused-ring (bicyclic) bond motifs is 1. The molecule has 172 valence electrons. The third-order valence-electron chi connectivity index (χ3n) is 5.76. The Kier molecular flexibility index (Phi) is 6.77. The summed E-state index contributed by atoms with van der Waals surface area (Å²) in [4.78, 5) is 26.4. The van der Waals surface area contributed by atoms with Crippen molar-refractivity contribution in [2.45, 2.75) is 39.3 Å². The molecule has 0 saturated carbocycles. The first-order valence-electron chi connectivity index (χ1n) is 11.2. The fourth-order valence-electron chi connectivity index (χ4n) is 4.14. The summed E-state index contributed by atoms with van der Waals surface area (Å²) in [5, 5.41) is 2.70. The van der Waals surface area contributed by atoms with E-state index in [-0.39, 0.29) is 36.0 Å². The fourth-order valence-corrected chi connectivity index (χ4v) is 4.14. The quantitative estimate of drug-likeness (QED) is 0.570. The summed E-state index contributed by atoms with van der Waals surface area (Å²) in [6.07, 6.45) is 1.14. The Morgan fingerprint density at radius 3 is 2.64 bits per heavy atom. The minimum Gasteiger partial charge on any atom is -0.486 e. The summed E-state index contributed by atoms with van der Waals surface area (Å²) in [6, 6.07) is 15.2. The lowest BCUT2D eigenvalue weighted by Gasteiger charge is -2.38. The zero-order chi connectivity index (χ0) is 23.4. The van der Waals surface area contributed by atoms with Crippen molar-refractivity contribution < 1.29 is 23.1 Å². The molecule has 1 aliphatic rings. The maximum Gasteiger partial charge on any atom is 0.286 e. The van der Waals surface area contributed by atoms with Gasteiger partial charge in [-0.05, 0) is 66.4 Å². The highest BCUT2D eigenvalue weighted by molar-refractivity contribution is 5.91. The molecule has 0 fully saturated rings. The highest BCUT2D eigenvalue weighted by Gasteiger charge is 2.31. The van der Waals surface area contributed by atoms with Crippen molar-refractivity contribution in [3.8, 4) is 5.75 Å². The van der Waals surface area contributed by atoms with Gasteiger partial charge in [-0.2, -0.15) is 0 Å². The molecule has 4 rings (SSSR count). The number of hydrogen-bond donors (Lipinski definition) is 1. The number of rotatable bonds is 7. The number of halogens is 1. The maximum atomic E-state index is 13.6. The van der Waals surface area contributed by atoms with Gasteiger partial charge in [0.1, 0.15) is 23.9 Å². The number of hydrogen-bond acceptors (Lipinski definition) is 4. The van der Waals surface area contributed by atoms with E-state index in [2.05, 4.69) is 5.32 Å². The monoisotopic (exact) mass is 450 g/mol. The van der Waals surface area contributed by atoms with Gasteiger partial charge in [-0.1, -0.05) is 25.1 Å². The van der Waals surface area contributed by atoms with Crippen molar-refractivity contribution in [3.05, 3.63) is 88.6 Å². The Balaban J connectivity index is 1.59. The van der Waals surface area contributed by atoms with E-state index in [9.17, 15) is 14.0 Å². The summed E-state index contributed by atoms with van der Waals surface area (Å²) >= 11 is 0. The highest BCUT2D eigenvalue weighted by atomic mass is 19.1. The first-order chi connectivity index (χ1) is 16.0. The molecule has 0 spiro atoms. The molecule has 1 atom stereocenters. The summed E-state index contributed by atoms with van der Waals surface area (Å²) in [5.41, 5.74) is 2.96. The van der Waals surface area contributed by atoms with E-state index < -0.39 is 0 Å². The van der Waals surface area contributed by atoms with Crippen LogP contribution in [0, 0.1) is 5.82 Å². The molecule has 2 heterocycles. The predicted molar refractivity (Wildman–Crippen MR) is 121 cm³/mol. The molecule has 0 unspecified atom stereocenters. The van der Waals surface area contributed by atoms with E-state index in [1.807, 2.05) is 36.9 Å². The Morgan fingerprint density at radius 1 is 1.12 bits per heavy atom. The van der Waals surface area contributed by atoms with Crippen LogP contribution in [-0.4, -0.2) is 29.8 Å². The van der Waals surface area contributed by atoms with Gasteiger partial charge in [0, 0.05) is 19.5 Å². The first-order valence-corrected chi connectivity index (χ1v) is 11.2. The fraction of sp³-hybridized carbons (Fsp3) is 0.308. The molecular formula is C26H27FN2O4. The van der Waals surface area contributed by atoms with Crippen molar-refractivity contribution in [1.82, 2.24) is 10.2 Å². The molecule has 2 amide bonds. The van der Waals surface area contributed by atoms with Crippen molar-refractivity contribution in [3.63, 3.8) is 0 Å². The van der Waals surface area contributed by atoms with Crippen LogP contribution in [0.15, 0.2) is 59.0 Å². The molecule has 1 aliphatic heterocycles. The van der Waals surface area contributed by atoms with Gasteiger partial charge in [-0.15, -0.1) is 0 Å². The smallest absolute Gasteiger partial charge is 0.286 e. The topological polar surface area (TPSA) is 71.8 Å². The van der Waals surface area contributed by atoms with E-state index in [1.165, 1.54) is 12.1 Å². The number of carbonyl (C=O) groups excluding carboxylic acids is 2. The summed E-state index contributed by atoms with van der Waals surface area (Å²) in [5.74, 6) is 0.876. The Hall–Kier alpha value is -3.61. The third-order valence-corrected chi connectivity index (χ3v) is 5.76. The third kappa shape index (κ3) is 4.92. The molecule has 33 heavy (non-hydrogen) atoms. The second kappa shape index (κ2) is 9.90. The van der Waals surface area contributed by atoms with Gasteiger partial charge in [0.05, 0.1) is 6.04 Å². The van der Waals surface area contributed by atoms with E-state index in [0.29, 0.717) is 31.0 Å². The lowest BCUT2D eigenvalue weighted by atomic mass is 9.87. The first kappa shape index (κ1) is 22.6. The standard InChI is InChI=1S/C26H27FN2O4/c1-3-24(30)29-14-13-17-7-10-20(15-22(17)25(29)18-5-8-19(27)9-6-18)32-16-21-11-12-23(33-21)26(31)28-4-2/h5-12,15,25H,3-4,13-14,16H2,1-2H3,(H,28,31)/t25-/m0/s1. The lowest BCUT2D eigenvalue weighted by Crippen LogP contribution is -2.40. The zero-order valence-electron chi connectivity index (χ0n) is 18.8. The molecule has 6 nitrogen and oxygen atoms in total. The van der Waals surface area contributed by atoms with Crippen LogP contribution in [0.3, 0.4) is 0 Å². The van der Waals surface area contributed by atoms with Gasteiger partial charge < -0.3 is 19.4 Å². The van der Waals surface area contributed by atoms with Crippen molar-refractivity contribution >= 4 is 11.8 Å². The lowest BCUT2D eigenvalue weighted by molar-refractivity contribution is -0.132. The number of carbonyl (C=O) groups is 2. The van der Waals surface area contributed by atoms with Crippen molar-refractivity contribution in [1.29, 1.82) is 0 Å². The van der Waals surface area contributed by atoms with Crippen LogP contribution in [0.5, 0.6) is 5.75 Å². The highest BCUT2D eigenvalue weighted by Crippen LogP contribution is 2.37. The van der Waals surface area contributed by atoms with Crippen LogP contribution in [0.25, 0.3) is 0 Å². The molecule has 1 N–H and O–H groups in total. The van der Waals surface area contributed by atoms with Crippen LogP contribution < -0.4 is 10.1 Å². The second-order valence-corrected chi connectivity index (χ2v) is 7.92. The summed E-state index contributed by atoms with van der Waals surface area (Å²) in [7, 11) is 0. The van der Waals surface area contributed by atoms with Crippen LogP contribution in [0.2, 0.25) is 0 Å². The number of ether oxygens (including phenoxy) is 1. The van der Waals surface area contributed by atoms with Gasteiger partial charge in [-0.3, -0.25) is 9.59 Å². The average molecular weight is 451 g/mol. The normalized spacial score (nSPS) is 15.1. The Bertz CT molecular complexity index is 1140. The zero-order valence-corrected chi connectivity index (χ0v) is 18.8. The number of benzene rings is 2. The second-order valence-electron chi connectivity index (χ2n) is 7.92. The molecule has 2 aromatic carbocycles. The molecule has 7 heteroatoms. The van der Waals surface area contributed by atoms with Gasteiger partial charge in [-0.25, -0.2) is 4.39 Å². The number of furan rings is 1. The Labute approximate surface area is 192 Å². The van der Waals surface area contributed by atoms with Crippen LogP contribution in [0.1, 0.15) is 59.3 Å². The predicted octanol–water partition coefficient (Wildman–Crippen LogP) is 4.63. The van der Waals surface area contributed by atoms with Crippen molar-refractivity contribution in [2.24, 2.45) is 0 Å². The van der Waals surface area contributed by atoms with Crippen molar-refractivity contribution in [2.75, 3.05) is 13.1 Å². The van der Waals surface area contributed by atoms with Gasteiger partial charge in [0.15, 0.2) is 5.76 Å².